The molecule has 0 saturated carbocycles. The number of hydrogen-bond acceptors (Lipinski definition) is 5. The van der Waals surface area contributed by atoms with Crippen molar-refractivity contribution >= 4 is 22.8 Å². The summed E-state index contributed by atoms with van der Waals surface area (Å²) in [6, 6.07) is 13.7. The summed E-state index contributed by atoms with van der Waals surface area (Å²) >= 11 is 0. The minimum atomic E-state index is -1.12. The Labute approximate surface area is 259 Å². The van der Waals surface area contributed by atoms with Crippen molar-refractivity contribution in [1.82, 2.24) is 5.32 Å². The summed E-state index contributed by atoms with van der Waals surface area (Å²) in [4.78, 5) is 36.9. The Balaban J connectivity index is 1.30. The maximum absolute atomic E-state index is 12.5. The van der Waals surface area contributed by atoms with Gasteiger partial charge in [0, 0.05) is 35.5 Å². The van der Waals surface area contributed by atoms with E-state index in [0.717, 1.165) is 19.3 Å². The first kappa shape index (κ1) is 32.8. The van der Waals surface area contributed by atoms with Gasteiger partial charge in [-0.05, 0) is 41.8 Å². The minimum absolute atomic E-state index is 0.0440. The van der Waals surface area contributed by atoms with Gasteiger partial charge in [0.2, 0.25) is 5.91 Å². The standard InChI is InChI=1S/C37H45NO6/c1-2-3-4-5-6-7-8-9-10-11-12-13-14-15-35(41)38-25-26-16-19-29(32(22-26)37(42)43)36-30-20-17-27(39)23-33(30)44-34-24-28(40)18-21-31(34)36/h16-24,39H,2-15,25H2,1H3,(H,38,41)(H,42,43)/p-1. The van der Waals surface area contributed by atoms with Crippen molar-refractivity contribution in [1.29, 1.82) is 0 Å². The Morgan fingerprint density at radius 1 is 0.773 bits per heavy atom. The Morgan fingerprint density at radius 3 is 2.07 bits per heavy atom. The number of fused-ring (bicyclic) bond motifs is 2. The van der Waals surface area contributed by atoms with Crippen LogP contribution >= 0.6 is 0 Å². The summed E-state index contributed by atoms with van der Waals surface area (Å²) in [5.41, 5.74) is 2.30. The van der Waals surface area contributed by atoms with E-state index in [0.29, 0.717) is 34.1 Å². The molecule has 0 radical (unpaired) electrons. The lowest BCUT2D eigenvalue weighted by Crippen LogP contribution is -2.22. The molecule has 1 aliphatic carbocycles. The van der Waals surface area contributed by atoms with Crippen molar-refractivity contribution in [2.45, 2.75) is 103 Å². The van der Waals surface area contributed by atoms with E-state index in [-0.39, 0.29) is 40.5 Å². The van der Waals surface area contributed by atoms with Gasteiger partial charge in [0.25, 0.3) is 0 Å². The van der Waals surface area contributed by atoms with Gasteiger partial charge in [-0.3, -0.25) is 9.59 Å². The quantitative estimate of drug-likeness (QED) is 0.0876. The zero-order valence-corrected chi connectivity index (χ0v) is 25.8. The van der Waals surface area contributed by atoms with Crippen molar-refractivity contribution in [3.05, 3.63) is 75.9 Å². The Kier molecular flexibility index (Phi) is 12.4. The van der Waals surface area contributed by atoms with E-state index < -0.39 is 5.97 Å². The zero-order chi connectivity index (χ0) is 31.3. The molecule has 4 rings (SSSR count). The van der Waals surface area contributed by atoms with Crippen LogP contribution in [0.1, 0.15) is 113 Å². The highest BCUT2D eigenvalue weighted by molar-refractivity contribution is 6.07. The summed E-state index contributed by atoms with van der Waals surface area (Å²) < 4.78 is 5.85. The van der Waals surface area contributed by atoms with Gasteiger partial charge in [-0.25, -0.2) is 4.79 Å². The largest absolute Gasteiger partial charge is 0.872 e. The van der Waals surface area contributed by atoms with Gasteiger partial charge in [0.1, 0.15) is 11.3 Å². The van der Waals surface area contributed by atoms with E-state index in [4.69, 9.17) is 4.42 Å². The first-order valence-electron chi connectivity index (χ1n) is 16.2. The lowest BCUT2D eigenvalue weighted by Gasteiger charge is -2.18. The summed E-state index contributed by atoms with van der Waals surface area (Å²) in [5.74, 6) is -1.15. The summed E-state index contributed by atoms with van der Waals surface area (Å²) in [5, 5.41) is 25.6. The Bertz CT molecular complexity index is 1570. The minimum Gasteiger partial charge on any atom is -0.872 e. The highest BCUT2D eigenvalue weighted by Gasteiger charge is 2.22. The number of carboxylic acid groups (broad SMARTS) is 1. The smallest absolute Gasteiger partial charge is 0.336 e. The van der Waals surface area contributed by atoms with Crippen molar-refractivity contribution in [2.24, 2.45) is 0 Å². The van der Waals surface area contributed by atoms with Crippen LogP contribution in [0.2, 0.25) is 0 Å². The third kappa shape index (κ3) is 9.18. The van der Waals surface area contributed by atoms with E-state index in [1.54, 1.807) is 30.3 Å². The third-order valence-electron chi connectivity index (χ3n) is 8.25. The van der Waals surface area contributed by atoms with E-state index in [1.807, 2.05) is 0 Å². The lowest BCUT2D eigenvalue weighted by molar-refractivity contribution is -0.268. The summed E-state index contributed by atoms with van der Waals surface area (Å²) in [7, 11) is 0. The van der Waals surface area contributed by atoms with Gasteiger partial charge in [-0.15, -0.1) is 5.75 Å². The highest BCUT2D eigenvalue weighted by atomic mass is 16.4. The maximum Gasteiger partial charge on any atom is 0.336 e. The molecule has 2 aromatic carbocycles. The second-order valence-electron chi connectivity index (χ2n) is 11.7. The molecule has 234 valence electrons. The number of amides is 1. The first-order valence-corrected chi connectivity index (χ1v) is 16.2. The van der Waals surface area contributed by atoms with E-state index in [9.17, 15) is 24.6 Å². The predicted octanol–water partition coefficient (Wildman–Crippen LogP) is 8.43. The average Bonchev–Trinajstić information content (AvgIpc) is 3.01. The molecule has 0 fully saturated rings. The van der Waals surface area contributed by atoms with Crippen LogP contribution in [0.3, 0.4) is 0 Å². The number of rotatable bonds is 18. The molecule has 0 bridgehead atoms. The molecule has 0 unspecified atom stereocenters. The molecule has 7 nitrogen and oxygen atoms in total. The van der Waals surface area contributed by atoms with Crippen molar-refractivity contribution in [3.63, 3.8) is 0 Å². The van der Waals surface area contributed by atoms with Crippen LogP contribution in [0.4, 0.5) is 0 Å². The number of nitrogens with one attached hydrogen (secondary N) is 1. The second-order valence-corrected chi connectivity index (χ2v) is 11.7. The van der Waals surface area contributed by atoms with E-state index in [1.165, 1.54) is 88.5 Å². The van der Waals surface area contributed by atoms with Gasteiger partial charge in [0.15, 0.2) is 5.43 Å². The van der Waals surface area contributed by atoms with Crippen LogP contribution in [0, 0.1) is 0 Å². The van der Waals surface area contributed by atoms with Crippen LogP contribution < -0.4 is 15.9 Å². The first-order chi connectivity index (χ1) is 21.4. The van der Waals surface area contributed by atoms with Gasteiger partial charge in [-0.1, -0.05) is 108 Å². The normalized spacial score (nSPS) is 11.3. The molecule has 2 aromatic rings. The number of aromatic carboxylic acids is 1. The lowest BCUT2D eigenvalue weighted by atomic mass is 9.90. The third-order valence-corrected chi connectivity index (χ3v) is 8.25. The number of hydrogen-bond donors (Lipinski definition) is 2. The molecule has 0 aromatic heterocycles. The topological polar surface area (TPSA) is 120 Å². The number of carbonyl (C=O) groups is 2. The molecule has 2 N–H and O–H groups in total. The molecule has 0 saturated heterocycles. The van der Waals surface area contributed by atoms with Gasteiger partial charge in [0.05, 0.1) is 5.56 Å². The monoisotopic (exact) mass is 598 g/mol. The van der Waals surface area contributed by atoms with Crippen LogP contribution in [0.15, 0.2) is 63.8 Å². The average molecular weight is 599 g/mol. The molecule has 1 aliphatic heterocycles. The predicted molar refractivity (Wildman–Crippen MR) is 173 cm³/mol. The van der Waals surface area contributed by atoms with Gasteiger partial charge >= 0.3 is 5.97 Å². The van der Waals surface area contributed by atoms with Crippen LogP contribution in [-0.2, 0) is 11.3 Å². The zero-order valence-electron chi connectivity index (χ0n) is 25.8. The van der Waals surface area contributed by atoms with E-state index >= 15 is 0 Å². The fourth-order valence-electron chi connectivity index (χ4n) is 5.83. The van der Waals surface area contributed by atoms with Gasteiger partial charge in [-0.2, -0.15) is 0 Å². The molecule has 7 heteroatoms. The number of unbranched alkanes of at least 4 members (excludes halogenated alkanes) is 12. The SMILES string of the molecule is CCCCCCCCCCCCCCCC(=O)NCc1ccc(-c2c3ccc(=O)cc-3oc3cc([O-])ccc23)c(C(=O)O)c1. The number of carboxylic acids is 1. The van der Waals surface area contributed by atoms with Crippen LogP contribution in [0.25, 0.3) is 33.4 Å². The second kappa shape index (κ2) is 16.6. The molecule has 0 atom stereocenters. The van der Waals surface area contributed by atoms with E-state index in [2.05, 4.69) is 12.2 Å². The molecule has 1 heterocycles. The Morgan fingerprint density at radius 2 is 1.41 bits per heavy atom. The summed E-state index contributed by atoms with van der Waals surface area (Å²) in [6.07, 6.45) is 16.7. The Hall–Kier alpha value is -4.13. The number of benzene rings is 3. The molecule has 2 aliphatic rings. The number of carbonyl (C=O) groups excluding carboxylic acids is 1. The fraction of sp³-hybridized carbons (Fsp3) is 0.432. The van der Waals surface area contributed by atoms with Crippen molar-refractivity contribution in [3.8, 4) is 28.2 Å². The summed E-state index contributed by atoms with van der Waals surface area (Å²) in [6.45, 7) is 2.47. The molecule has 1 amide bonds. The molecule has 44 heavy (non-hydrogen) atoms. The van der Waals surface area contributed by atoms with Crippen molar-refractivity contribution < 1.29 is 24.2 Å². The van der Waals surface area contributed by atoms with Crippen LogP contribution in [0.5, 0.6) is 5.75 Å². The fourth-order valence-corrected chi connectivity index (χ4v) is 5.83. The maximum atomic E-state index is 12.5. The van der Waals surface area contributed by atoms with Crippen molar-refractivity contribution in [2.75, 3.05) is 0 Å². The molecule has 0 spiro atoms. The highest BCUT2D eigenvalue weighted by Crippen LogP contribution is 2.41. The van der Waals surface area contributed by atoms with Gasteiger partial charge < -0.3 is 19.9 Å². The molecular formula is C37H44NO6-. The molecular weight excluding hydrogens is 554 g/mol. The van der Waals surface area contributed by atoms with Crippen LogP contribution in [-0.4, -0.2) is 17.0 Å².